The van der Waals surface area contributed by atoms with E-state index >= 15 is 0 Å². The highest BCUT2D eigenvalue weighted by molar-refractivity contribution is 6.28. The zero-order valence-corrected chi connectivity index (χ0v) is 9.10. The fraction of sp³-hybridized carbons (Fsp3) is 0.222. The summed E-state index contributed by atoms with van der Waals surface area (Å²) in [5.74, 6) is -0.813. The number of carbonyl (C=O) groups is 1. The van der Waals surface area contributed by atoms with Crippen LogP contribution in [0.1, 0.15) is 17.4 Å². The Morgan fingerprint density at radius 2 is 2.38 bits per heavy atom. The maximum Gasteiger partial charge on any atom is 0.354 e. The van der Waals surface area contributed by atoms with Crippen LogP contribution in [0.25, 0.3) is 5.52 Å². The molecule has 0 fully saturated rings. The molecule has 0 saturated carbocycles. The van der Waals surface area contributed by atoms with E-state index in [9.17, 15) is 4.79 Å². The summed E-state index contributed by atoms with van der Waals surface area (Å²) in [6, 6.07) is 3.00. The molecule has 0 atom stereocenters. The summed E-state index contributed by atoms with van der Waals surface area (Å²) in [7, 11) is 0. The molecule has 2 aromatic heterocycles. The lowest BCUT2D eigenvalue weighted by Gasteiger charge is -2.04. The number of nitrogens with zero attached hydrogens (tertiary/aromatic N) is 3. The van der Waals surface area contributed by atoms with Crippen molar-refractivity contribution in [3.8, 4) is 5.88 Å². The first-order valence-electron chi connectivity index (χ1n) is 4.55. The molecular formula is C9H8ClN3O3. The number of aromatic carboxylic acids is 1. The van der Waals surface area contributed by atoms with Crippen LogP contribution < -0.4 is 4.74 Å². The van der Waals surface area contributed by atoms with E-state index in [1.54, 1.807) is 13.0 Å². The Hall–Kier alpha value is -1.82. The van der Waals surface area contributed by atoms with Crippen molar-refractivity contribution in [3.63, 3.8) is 0 Å². The van der Waals surface area contributed by atoms with Gasteiger partial charge in [-0.3, -0.25) is 0 Å². The van der Waals surface area contributed by atoms with Gasteiger partial charge in [0.1, 0.15) is 5.52 Å². The topological polar surface area (TPSA) is 76.7 Å². The Morgan fingerprint density at radius 1 is 1.62 bits per heavy atom. The van der Waals surface area contributed by atoms with Crippen LogP contribution in [0, 0.1) is 0 Å². The molecule has 7 heteroatoms. The third kappa shape index (κ3) is 1.67. The van der Waals surface area contributed by atoms with Crippen molar-refractivity contribution in [1.82, 2.24) is 14.6 Å². The third-order valence-corrected chi connectivity index (χ3v) is 2.11. The van der Waals surface area contributed by atoms with E-state index < -0.39 is 5.97 Å². The van der Waals surface area contributed by atoms with E-state index in [0.717, 1.165) is 0 Å². The highest BCUT2D eigenvalue weighted by Crippen LogP contribution is 2.20. The number of carboxylic acids is 1. The average molecular weight is 242 g/mol. The number of hydrogen-bond donors (Lipinski definition) is 1. The van der Waals surface area contributed by atoms with Crippen LogP contribution in [0.5, 0.6) is 5.88 Å². The number of rotatable bonds is 3. The predicted octanol–water partition coefficient (Wildman–Crippen LogP) is 1.48. The Kier molecular flexibility index (Phi) is 2.66. The highest BCUT2D eigenvalue weighted by Gasteiger charge is 2.15. The van der Waals surface area contributed by atoms with Crippen molar-refractivity contribution in [3.05, 3.63) is 23.1 Å². The van der Waals surface area contributed by atoms with Gasteiger partial charge in [0.15, 0.2) is 5.69 Å². The van der Waals surface area contributed by atoms with E-state index in [4.69, 9.17) is 21.4 Å². The second-order valence-electron chi connectivity index (χ2n) is 2.94. The highest BCUT2D eigenvalue weighted by atomic mass is 35.5. The van der Waals surface area contributed by atoms with Gasteiger partial charge in [-0.25, -0.2) is 9.31 Å². The molecule has 0 aliphatic carbocycles. The smallest absolute Gasteiger partial charge is 0.354 e. The lowest BCUT2D eigenvalue weighted by molar-refractivity contribution is 0.0688. The molecule has 0 aliphatic rings. The minimum absolute atomic E-state index is 0.0141. The van der Waals surface area contributed by atoms with Crippen LogP contribution in [-0.4, -0.2) is 32.3 Å². The minimum Gasteiger partial charge on any atom is -0.477 e. The van der Waals surface area contributed by atoms with Crippen LogP contribution >= 0.6 is 11.6 Å². The summed E-state index contributed by atoms with van der Waals surface area (Å²) in [6.45, 7) is 2.21. The number of carboxylic acid groups (broad SMARTS) is 1. The lowest BCUT2D eigenvalue weighted by Crippen LogP contribution is -2.07. The molecule has 0 unspecified atom stereocenters. The van der Waals surface area contributed by atoms with E-state index in [-0.39, 0.29) is 16.9 Å². The van der Waals surface area contributed by atoms with Crippen LogP contribution in [0.15, 0.2) is 12.1 Å². The first-order valence-corrected chi connectivity index (χ1v) is 4.92. The zero-order valence-electron chi connectivity index (χ0n) is 8.35. The zero-order chi connectivity index (χ0) is 11.7. The van der Waals surface area contributed by atoms with Crippen LogP contribution in [0.3, 0.4) is 0 Å². The Labute approximate surface area is 95.4 Å². The second-order valence-corrected chi connectivity index (χ2v) is 3.28. The van der Waals surface area contributed by atoms with Gasteiger partial charge in [-0.05, 0) is 30.7 Å². The number of hydrogen-bond acceptors (Lipinski definition) is 4. The van der Waals surface area contributed by atoms with Crippen molar-refractivity contribution in [2.24, 2.45) is 0 Å². The van der Waals surface area contributed by atoms with Crippen molar-refractivity contribution in [2.45, 2.75) is 6.92 Å². The molecule has 6 nitrogen and oxygen atoms in total. The molecule has 0 amide bonds. The monoisotopic (exact) mass is 241 g/mol. The quantitative estimate of drug-likeness (QED) is 0.881. The van der Waals surface area contributed by atoms with Crippen LogP contribution in [0.2, 0.25) is 5.28 Å². The summed E-state index contributed by atoms with van der Waals surface area (Å²) in [5, 5.41) is 12.7. The molecule has 16 heavy (non-hydrogen) atoms. The molecule has 0 spiro atoms. The third-order valence-electron chi connectivity index (χ3n) is 1.95. The summed E-state index contributed by atoms with van der Waals surface area (Å²) in [6.07, 6.45) is 0. The Balaban J connectivity index is 2.70. The molecule has 0 bridgehead atoms. The minimum atomic E-state index is -1.09. The van der Waals surface area contributed by atoms with E-state index in [0.29, 0.717) is 12.1 Å². The van der Waals surface area contributed by atoms with Gasteiger partial charge in [0.2, 0.25) is 11.2 Å². The SMILES string of the molecule is CCOc1nc(Cl)nn2c(C(=O)O)ccc12. The van der Waals surface area contributed by atoms with E-state index in [1.165, 1.54) is 10.6 Å². The second kappa shape index (κ2) is 3.97. The summed E-state index contributed by atoms with van der Waals surface area (Å²) in [5.41, 5.74) is 0.490. The van der Waals surface area contributed by atoms with Gasteiger partial charge < -0.3 is 9.84 Å². The number of aromatic nitrogens is 3. The van der Waals surface area contributed by atoms with Crippen molar-refractivity contribution < 1.29 is 14.6 Å². The fourth-order valence-electron chi connectivity index (χ4n) is 1.35. The first-order chi connectivity index (χ1) is 7.63. The van der Waals surface area contributed by atoms with Gasteiger partial charge >= 0.3 is 5.97 Å². The maximum atomic E-state index is 10.9. The maximum absolute atomic E-state index is 10.9. The first kappa shape index (κ1) is 10.7. The van der Waals surface area contributed by atoms with Gasteiger partial charge in [0.05, 0.1) is 6.61 Å². The molecule has 84 valence electrons. The molecule has 2 rings (SSSR count). The van der Waals surface area contributed by atoms with Crippen molar-refractivity contribution in [1.29, 1.82) is 0 Å². The van der Waals surface area contributed by atoms with E-state index in [2.05, 4.69) is 10.1 Å². The van der Waals surface area contributed by atoms with Crippen molar-refractivity contribution >= 4 is 23.1 Å². The summed E-state index contributed by atoms with van der Waals surface area (Å²) in [4.78, 5) is 14.8. The predicted molar refractivity (Wildman–Crippen MR) is 56.1 cm³/mol. The summed E-state index contributed by atoms with van der Waals surface area (Å²) < 4.78 is 6.44. The van der Waals surface area contributed by atoms with Crippen molar-refractivity contribution in [2.75, 3.05) is 6.61 Å². The number of halogens is 1. The number of fused-ring (bicyclic) bond motifs is 1. The van der Waals surface area contributed by atoms with Gasteiger partial charge in [0, 0.05) is 0 Å². The Morgan fingerprint density at radius 3 is 3.00 bits per heavy atom. The van der Waals surface area contributed by atoms with E-state index in [1.807, 2.05) is 0 Å². The normalized spacial score (nSPS) is 10.6. The van der Waals surface area contributed by atoms with Crippen LogP contribution in [0.4, 0.5) is 0 Å². The molecule has 0 radical (unpaired) electrons. The fourth-order valence-corrected chi connectivity index (χ4v) is 1.50. The van der Waals surface area contributed by atoms with Gasteiger partial charge in [-0.2, -0.15) is 4.98 Å². The molecule has 0 aromatic carbocycles. The largest absolute Gasteiger partial charge is 0.477 e. The molecule has 2 heterocycles. The van der Waals surface area contributed by atoms with Gasteiger partial charge in [-0.1, -0.05) is 0 Å². The lowest BCUT2D eigenvalue weighted by atomic mass is 10.4. The standard InChI is InChI=1S/C9H8ClN3O3/c1-2-16-7-5-3-4-6(8(14)15)13(5)12-9(10)11-7/h3-4H,2H2,1H3,(H,14,15). The van der Waals surface area contributed by atoms with Crippen LogP contribution in [-0.2, 0) is 0 Å². The number of ether oxygens (including phenoxy) is 1. The van der Waals surface area contributed by atoms with Gasteiger partial charge in [-0.15, -0.1) is 5.10 Å². The molecule has 0 saturated heterocycles. The molecule has 2 aromatic rings. The molecule has 1 N–H and O–H groups in total. The molecular weight excluding hydrogens is 234 g/mol. The Bertz CT molecular complexity index is 552. The van der Waals surface area contributed by atoms with Gasteiger partial charge in [0.25, 0.3) is 0 Å². The summed E-state index contributed by atoms with van der Waals surface area (Å²) >= 11 is 5.68. The average Bonchev–Trinajstić information content (AvgIpc) is 2.61. The molecule has 0 aliphatic heterocycles.